The third-order valence-corrected chi connectivity index (χ3v) is 3.94. The monoisotopic (exact) mass is 410 g/mol. The molecule has 0 unspecified atom stereocenters. The fourth-order valence-corrected chi connectivity index (χ4v) is 2.49. The van der Waals surface area contributed by atoms with Crippen LogP contribution in [0, 0.1) is 3.57 Å². The number of hydrogen-bond acceptors (Lipinski definition) is 6. The second-order valence-electron chi connectivity index (χ2n) is 4.35. The molecule has 0 fully saturated rings. The van der Waals surface area contributed by atoms with E-state index >= 15 is 0 Å². The van der Waals surface area contributed by atoms with Crippen LogP contribution in [0.1, 0.15) is 5.56 Å². The number of nitrogens with zero attached hydrogens (tertiary/aromatic N) is 6. The normalized spacial score (nSPS) is 10.6. The van der Waals surface area contributed by atoms with E-state index in [-0.39, 0.29) is 18.3 Å². The van der Waals surface area contributed by atoms with E-state index in [1.807, 2.05) is 12.1 Å². The first kappa shape index (κ1) is 14.6. The van der Waals surface area contributed by atoms with Gasteiger partial charge in [-0.1, -0.05) is 6.07 Å². The molecule has 1 aromatic carbocycles. The predicted octanol–water partition coefficient (Wildman–Crippen LogP) is 0.940. The second-order valence-corrected chi connectivity index (χ2v) is 5.52. The Balaban J connectivity index is 1.97. The largest absolute Gasteiger partial charge is 0.458 e. The molecule has 0 saturated heterocycles. The zero-order chi connectivity index (χ0) is 15.5. The van der Waals surface area contributed by atoms with E-state index in [1.165, 1.54) is 9.36 Å². The molecule has 22 heavy (non-hydrogen) atoms. The van der Waals surface area contributed by atoms with Crippen LogP contribution in [0.25, 0.3) is 5.69 Å². The van der Waals surface area contributed by atoms with Crippen molar-refractivity contribution in [2.24, 2.45) is 7.05 Å². The fourth-order valence-electron chi connectivity index (χ4n) is 1.85. The summed E-state index contributed by atoms with van der Waals surface area (Å²) in [5.74, 6) is 0. The Labute approximate surface area is 138 Å². The van der Waals surface area contributed by atoms with Crippen molar-refractivity contribution in [3.8, 4) is 11.7 Å². The van der Waals surface area contributed by atoms with E-state index in [1.54, 1.807) is 31.6 Å². The van der Waals surface area contributed by atoms with Crippen molar-refractivity contribution in [1.82, 2.24) is 29.8 Å². The minimum atomic E-state index is -0.320. The molecule has 0 spiro atoms. The molecule has 112 valence electrons. The van der Waals surface area contributed by atoms with E-state index in [4.69, 9.17) is 4.74 Å². The molecule has 0 N–H and O–H groups in total. The lowest BCUT2D eigenvalue weighted by Gasteiger charge is -2.10. The molecule has 0 aliphatic rings. The molecular weight excluding hydrogens is 399 g/mol. The van der Waals surface area contributed by atoms with Gasteiger partial charge in [-0.2, -0.15) is 9.36 Å². The fraction of sp³-hybridized carbons (Fsp3) is 0.154. The van der Waals surface area contributed by atoms with Gasteiger partial charge in [-0.05, 0) is 51.2 Å². The molecule has 0 radical (unpaired) electrons. The van der Waals surface area contributed by atoms with Crippen LogP contribution in [0.2, 0.25) is 0 Å². The minimum Gasteiger partial charge on any atom is -0.458 e. The number of aryl methyl sites for hydroxylation is 1. The number of ether oxygens (including phenoxy) is 1. The Kier molecular flexibility index (Phi) is 4.13. The van der Waals surface area contributed by atoms with Crippen LogP contribution in [0.5, 0.6) is 6.01 Å². The number of hydrogen-bond donors (Lipinski definition) is 0. The maximum absolute atomic E-state index is 12.0. The summed E-state index contributed by atoms with van der Waals surface area (Å²) in [5, 5.41) is 7.60. The van der Waals surface area contributed by atoms with Crippen LogP contribution in [-0.4, -0.2) is 29.8 Å². The van der Waals surface area contributed by atoms with Crippen molar-refractivity contribution >= 4 is 22.6 Å². The van der Waals surface area contributed by atoms with Gasteiger partial charge in [0.15, 0.2) is 0 Å². The Bertz CT molecular complexity index is 845. The van der Waals surface area contributed by atoms with Crippen molar-refractivity contribution in [3.05, 3.63) is 56.3 Å². The molecule has 0 amide bonds. The Hall–Kier alpha value is -2.30. The van der Waals surface area contributed by atoms with Crippen molar-refractivity contribution in [3.63, 3.8) is 0 Å². The third kappa shape index (κ3) is 2.84. The quantitative estimate of drug-likeness (QED) is 0.595. The highest BCUT2D eigenvalue weighted by Gasteiger charge is 2.14. The van der Waals surface area contributed by atoms with E-state index in [9.17, 15) is 4.79 Å². The molecule has 0 saturated carbocycles. The van der Waals surface area contributed by atoms with Crippen molar-refractivity contribution in [1.29, 1.82) is 0 Å². The van der Waals surface area contributed by atoms with E-state index in [0.717, 1.165) is 9.13 Å². The van der Waals surface area contributed by atoms with Gasteiger partial charge in [0, 0.05) is 28.6 Å². The molecule has 3 aromatic rings. The third-order valence-electron chi connectivity index (χ3n) is 2.93. The molecule has 9 heteroatoms. The van der Waals surface area contributed by atoms with Crippen molar-refractivity contribution < 1.29 is 4.74 Å². The lowest BCUT2D eigenvalue weighted by molar-refractivity contribution is 0.279. The molecule has 3 rings (SSSR count). The number of halogens is 1. The highest BCUT2D eigenvalue weighted by atomic mass is 127. The maximum Gasteiger partial charge on any atom is 0.368 e. The van der Waals surface area contributed by atoms with Crippen LogP contribution >= 0.6 is 22.6 Å². The Morgan fingerprint density at radius 3 is 2.64 bits per heavy atom. The second kappa shape index (κ2) is 6.22. The number of aromatic nitrogens is 6. The molecule has 0 atom stereocenters. The van der Waals surface area contributed by atoms with E-state index in [2.05, 4.69) is 43.0 Å². The van der Waals surface area contributed by atoms with Gasteiger partial charge in [-0.15, -0.1) is 0 Å². The van der Waals surface area contributed by atoms with Crippen molar-refractivity contribution in [2.45, 2.75) is 6.61 Å². The van der Waals surface area contributed by atoms with Crippen LogP contribution in [0.15, 0.2) is 41.5 Å². The zero-order valence-corrected chi connectivity index (χ0v) is 13.7. The van der Waals surface area contributed by atoms with Gasteiger partial charge < -0.3 is 4.74 Å². The SMILES string of the molecule is Cn1nnn(-c2cccc(I)c2COc2ncccn2)c1=O. The van der Waals surface area contributed by atoms with Crippen LogP contribution in [0.3, 0.4) is 0 Å². The summed E-state index contributed by atoms with van der Waals surface area (Å²) in [6.07, 6.45) is 3.21. The van der Waals surface area contributed by atoms with Gasteiger partial charge in [-0.3, -0.25) is 0 Å². The molecule has 0 bridgehead atoms. The lowest BCUT2D eigenvalue weighted by Crippen LogP contribution is -2.23. The van der Waals surface area contributed by atoms with Crippen LogP contribution < -0.4 is 10.4 Å². The number of rotatable bonds is 4. The highest BCUT2D eigenvalue weighted by molar-refractivity contribution is 14.1. The summed E-state index contributed by atoms with van der Waals surface area (Å²) in [5.41, 5.74) is 1.12. The highest BCUT2D eigenvalue weighted by Crippen LogP contribution is 2.20. The van der Waals surface area contributed by atoms with Gasteiger partial charge in [0.05, 0.1) is 5.69 Å². The smallest absolute Gasteiger partial charge is 0.368 e. The van der Waals surface area contributed by atoms with Gasteiger partial charge >= 0.3 is 11.7 Å². The Morgan fingerprint density at radius 2 is 1.95 bits per heavy atom. The standard InChI is InChI=1S/C13H11IN6O2/c1-19-13(21)20(18-17-19)11-5-2-4-10(14)9(11)8-22-12-15-6-3-7-16-12/h2-7H,8H2,1H3. The zero-order valence-electron chi connectivity index (χ0n) is 11.5. The first-order valence-electron chi connectivity index (χ1n) is 6.33. The molecule has 0 aliphatic heterocycles. The van der Waals surface area contributed by atoms with Crippen LogP contribution in [0.4, 0.5) is 0 Å². The lowest BCUT2D eigenvalue weighted by atomic mass is 10.2. The molecule has 2 aromatic heterocycles. The van der Waals surface area contributed by atoms with Gasteiger partial charge in [0.1, 0.15) is 6.61 Å². The van der Waals surface area contributed by atoms with E-state index in [0.29, 0.717) is 5.69 Å². The average Bonchev–Trinajstić information content (AvgIpc) is 2.86. The maximum atomic E-state index is 12.0. The van der Waals surface area contributed by atoms with Gasteiger partial charge in [0.2, 0.25) is 0 Å². The molecular formula is C13H11IN6O2. The number of tetrazole rings is 1. The minimum absolute atomic E-state index is 0.224. The summed E-state index contributed by atoms with van der Waals surface area (Å²) in [4.78, 5) is 20.1. The first-order valence-corrected chi connectivity index (χ1v) is 7.41. The molecule has 0 aliphatic carbocycles. The summed E-state index contributed by atoms with van der Waals surface area (Å²) < 4.78 is 8.95. The summed E-state index contributed by atoms with van der Waals surface area (Å²) >= 11 is 2.18. The first-order chi connectivity index (χ1) is 10.7. The summed E-state index contributed by atoms with van der Waals surface area (Å²) in [7, 11) is 1.55. The predicted molar refractivity (Wildman–Crippen MR) is 85.7 cm³/mol. The molecule has 8 nitrogen and oxygen atoms in total. The summed E-state index contributed by atoms with van der Waals surface area (Å²) in [6, 6.07) is 7.56. The Morgan fingerprint density at radius 1 is 1.18 bits per heavy atom. The average molecular weight is 410 g/mol. The van der Waals surface area contributed by atoms with E-state index < -0.39 is 0 Å². The van der Waals surface area contributed by atoms with Gasteiger partial charge in [0.25, 0.3) is 0 Å². The summed E-state index contributed by atoms with van der Waals surface area (Å²) in [6.45, 7) is 0.224. The number of benzene rings is 1. The van der Waals surface area contributed by atoms with Gasteiger partial charge in [-0.25, -0.2) is 14.8 Å². The van der Waals surface area contributed by atoms with Crippen LogP contribution in [-0.2, 0) is 13.7 Å². The van der Waals surface area contributed by atoms with Crippen molar-refractivity contribution in [2.75, 3.05) is 0 Å². The topological polar surface area (TPSA) is 87.7 Å². The molecule has 2 heterocycles.